The third kappa shape index (κ3) is 6.07. The van der Waals surface area contributed by atoms with Crippen molar-refractivity contribution in [3.63, 3.8) is 0 Å². The Morgan fingerprint density at radius 3 is 2.67 bits per heavy atom. The summed E-state index contributed by atoms with van der Waals surface area (Å²) in [6.45, 7) is 4.52. The van der Waals surface area contributed by atoms with Gasteiger partial charge in [-0.3, -0.25) is 0 Å². The van der Waals surface area contributed by atoms with Crippen LogP contribution in [0.15, 0.2) is 0 Å². The molecule has 0 aromatic carbocycles. The summed E-state index contributed by atoms with van der Waals surface area (Å²) < 4.78 is 12.0. The smallest absolute Gasteiger partial charge is 0.0704 e. The van der Waals surface area contributed by atoms with Crippen LogP contribution in [0, 0.1) is 0 Å². The van der Waals surface area contributed by atoms with Crippen molar-refractivity contribution >= 4 is 22.6 Å². The molecule has 2 nitrogen and oxygen atoms in total. The van der Waals surface area contributed by atoms with Crippen molar-refractivity contribution in [2.24, 2.45) is 0 Å². The lowest BCUT2D eigenvalue weighted by Crippen LogP contribution is -2.24. The summed E-state index contributed by atoms with van der Waals surface area (Å²) in [4.78, 5) is 0. The first-order chi connectivity index (χ1) is 7.34. The van der Waals surface area contributed by atoms with Crippen LogP contribution >= 0.6 is 22.6 Å². The first-order valence-electron chi connectivity index (χ1n) is 6.18. The zero-order chi connectivity index (χ0) is 10.9. The molecule has 15 heavy (non-hydrogen) atoms. The summed E-state index contributed by atoms with van der Waals surface area (Å²) in [6.07, 6.45) is 8.21. The van der Waals surface area contributed by atoms with Gasteiger partial charge in [-0.1, -0.05) is 48.8 Å². The summed E-state index contributed by atoms with van der Waals surface area (Å²) in [6, 6.07) is 0. The lowest BCUT2D eigenvalue weighted by atomic mass is 10.1. The largest absolute Gasteiger partial charge is 0.379 e. The van der Waals surface area contributed by atoms with Crippen LogP contribution in [0.5, 0.6) is 0 Å². The molecule has 0 aromatic heterocycles. The fourth-order valence-electron chi connectivity index (χ4n) is 1.92. The molecular formula is C12H23IO2. The van der Waals surface area contributed by atoms with E-state index in [-0.39, 0.29) is 0 Å². The predicted octanol–water partition coefficient (Wildman–Crippen LogP) is 3.57. The standard InChI is InChI=1S/C12H23IO2/c1-2-8-14-9-10-15-12-7-5-3-4-6-11(12)13/h11-12H,2-10H2,1H3. The maximum absolute atomic E-state index is 5.89. The fraction of sp³-hybridized carbons (Fsp3) is 1.00. The summed E-state index contributed by atoms with van der Waals surface area (Å²) in [5.41, 5.74) is 0. The quantitative estimate of drug-likeness (QED) is 0.322. The van der Waals surface area contributed by atoms with Crippen LogP contribution in [0.25, 0.3) is 0 Å². The van der Waals surface area contributed by atoms with Crippen molar-refractivity contribution in [3.8, 4) is 0 Å². The van der Waals surface area contributed by atoms with Gasteiger partial charge in [0, 0.05) is 10.5 Å². The van der Waals surface area contributed by atoms with E-state index in [1.807, 2.05) is 0 Å². The van der Waals surface area contributed by atoms with Crippen LogP contribution in [0.1, 0.15) is 45.4 Å². The molecule has 0 heterocycles. The summed E-state index contributed by atoms with van der Waals surface area (Å²) in [5, 5.41) is 0. The predicted molar refractivity (Wildman–Crippen MR) is 71.7 cm³/mol. The van der Waals surface area contributed by atoms with E-state index in [0.29, 0.717) is 10.0 Å². The van der Waals surface area contributed by atoms with Crippen molar-refractivity contribution in [2.45, 2.75) is 55.5 Å². The van der Waals surface area contributed by atoms with Crippen molar-refractivity contribution in [1.82, 2.24) is 0 Å². The van der Waals surface area contributed by atoms with Gasteiger partial charge >= 0.3 is 0 Å². The Balaban J connectivity index is 2.07. The van der Waals surface area contributed by atoms with Crippen LogP contribution in [-0.4, -0.2) is 29.8 Å². The van der Waals surface area contributed by atoms with Gasteiger partial charge in [-0.05, 0) is 19.3 Å². The van der Waals surface area contributed by atoms with Crippen LogP contribution in [-0.2, 0) is 9.47 Å². The third-order valence-electron chi connectivity index (χ3n) is 2.78. The van der Waals surface area contributed by atoms with E-state index in [4.69, 9.17) is 9.47 Å². The third-order valence-corrected chi connectivity index (χ3v) is 4.20. The number of rotatable bonds is 6. The average molecular weight is 326 g/mol. The summed E-state index contributed by atoms with van der Waals surface area (Å²) in [5.74, 6) is 0. The molecule has 0 N–H and O–H groups in total. The highest BCUT2D eigenvalue weighted by molar-refractivity contribution is 14.1. The molecule has 90 valence electrons. The Hall–Kier alpha value is 0.650. The first kappa shape index (κ1) is 13.7. The van der Waals surface area contributed by atoms with E-state index in [0.717, 1.165) is 26.2 Å². The van der Waals surface area contributed by atoms with Gasteiger partial charge in [0.1, 0.15) is 0 Å². The molecule has 1 fully saturated rings. The van der Waals surface area contributed by atoms with Gasteiger partial charge in [0.05, 0.1) is 19.3 Å². The highest BCUT2D eigenvalue weighted by Crippen LogP contribution is 2.26. The molecule has 0 spiro atoms. The van der Waals surface area contributed by atoms with E-state index in [2.05, 4.69) is 29.5 Å². The Bertz CT molecular complexity index is 153. The Kier molecular flexibility index (Phi) is 8.01. The van der Waals surface area contributed by atoms with Crippen molar-refractivity contribution in [2.75, 3.05) is 19.8 Å². The van der Waals surface area contributed by atoms with E-state index in [1.54, 1.807) is 0 Å². The maximum Gasteiger partial charge on any atom is 0.0704 e. The lowest BCUT2D eigenvalue weighted by molar-refractivity contribution is 0.00342. The van der Waals surface area contributed by atoms with Crippen LogP contribution in [0.2, 0.25) is 0 Å². The average Bonchev–Trinajstić information content (AvgIpc) is 2.44. The second kappa shape index (κ2) is 8.76. The second-order valence-electron chi connectivity index (χ2n) is 4.18. The van der Waals surface area contributed by atoms with Crippen molar-refractivity contribution in [1.29, 1.82) is 0 Å². The Labute approximate surface area is 107 Å². The van der Waals surface area contributed by atoms with Crippen molar-refractivity contribution in [3.05, 3.63) is 0 Å². The van der Waals surface area contributed by atoms with Gasteiger partial charge in [-0.2, -0.15) is 0 Å². The van der Waals surface area contributed by atoms with Gasteiger partial charge in [0.25, 0.3) is 0 Å². The minimum absolute atomic E-state index is 0.471. The van der Waals surface area contributed by atoms with Gasteiger partial charge < -0.3 is 9.47 Å². The zero-order valence-corrected chi connectivity index (χ0v) is 11.9. The van der Waals surface area contributed by atoms with Crippen molar-refractivity contribution < 1.29 is 9.47 Å². The minimum Gasteiger partial charge on any atom is -0.379 e. The summed E-state index contributed by atoms with van der Waals surface area (Å²) in [7, 11) is 0. The van der Waals surface area contributed by atoms with Crippen LogP contribution in [0.4, 0.5) is 0 Å². The van der Waals surface area contributed by atoms with Crippen LogP contribution < -0.4 is 0 Å². The molecule has 1 aliphatic rings. The molecule has 0 amide bonds. The number of halogens is 1. The molecule has 3 heteroatoms. The highest BCUT2D eigenvalue weighted by Gasteiger charge is 2.21. The van der Waals surface area contributed by atoms with Gasteiger partial charge in [-0.25, -0.2) is 0 Å². The normalized spacial score (nSPS) is 27.6. The number of alkyl halides is 1. The molecule has 0 bridgehead atoms. The second-order valence-corrected chi connectivity index (χ2v) is 5.78. The van der Waals surface area contributed by atoms with E-state index >= 15 is 0 Å². The molecule has 0 saturated heterocycles. The number of hydrogen-bond donors (Lipinski definition) is 0. The van der Waals surface area contributed by atoms with Gasteiger partial charge in [0.2, 0.25) is 0 Å². The monoisotopic (exact) mass is 326 g/mol. The summed E-state index contributed by atoms with van der Waals surface area (Å²) >= 11 is 2.55. The molecule has 0 radical (unpaired) electrons. The molecule has 0 aliphatic heterocycles. The topological polar surface area (TPSA) is 18.5 Å². The molecule has 1 saturated carbocycles. The molecule has 1 aliphatic carbocycles. The van der Waals surface area contributed by atoms with E-state index in [1.165, 1.54) is 32.1 Å². The van der Waals surface area contributed by atoms with E-state index < -0.39 is 0 Å². The van der Waals surface area contributed by atoms with Gasteiger partial charge in [-0.15, -0.1) is 0 Å². The molecule has 1 rings (SSSR count). The minimum atomic E-state index is 0.471. The molecule has 2 atom stereocenters. The Morgan fingerprint density at radius 1 is 1.07 bits per heavy atom. The van der Waals surface area contributed by atoms with E-state index in [9.17, 15) is 0 Å². The number of ether oxygens (including phenoxy) is 2. The lowest BCUT2D eigenvalue weighted by Gasteiger charge is -2.20. The zero-order valence-electron chi connectivity index (χ0n) is 9.71. The molecular weight excluding hydrogens is 303 g/mol. The maximum atomic E-state index is 5.89. The first-order valence-corrected chi connectivity index (χ1v) is 7.42. The molecule has 0 aromatic rings. The fourth-order valence-corrected chi connectivity index (χ4v) is 2.93. The Morgan fingerprint density at radius 2 is 1.87 bits per heavy atom. The molecule has 2 unspecified atom stereocenters. The number of hydrogen-bond acceptors (Lipinski definition) is 2. The van der Waals surface area contributed by atoms with Crippen LogP contribution in [0.3, 0.4) is 0 Å². The van der Waals surface area contributed by atoms with Gasteiger partial charge in [0.15, 0.2) is 0 Å². The highest BCUT2D eigenvalue weighted by atomic mass is 127. The SMILES string of the molecule is CCCOCCOC1CCCCCC1I.